The van der Waals surface area contributed by atoms with Crippen LogP contribution in [0.3, 0.4) is 0 Å². The van der Waals surface area contributed by atoms with Gasteiger partial charge in [0.05, 0.1) is 18.6 Å². The highest BCUT2D eigenvalue weighted by molar-refractivity contribution is 7.92. The van der Waals surface area contributed by atoms with Crippen molar-refractivity contribution in [3.05, 3.63) is 59.7 Å². The number of nitrogens with zero attached hydrogens (tertiary/aromatic N) is 1. The van der Waals surface area contributed by atoms with Crippen LogP contribution in [0, 0.1) is 0 Å². The average molecular weight is 403 g/mol. The third-order valence-electron chi connectivity index (χ3n) is 4.83. The summed E-state index contributed by atoms with van der Waals surface area (Å²) in [7, 11) is -1.64. The van der Waals surface area contributed by atoms with Crippen molar-refractivity contribution in [1.29, 1.82) is 0 Å². The quantitative estimate of drug-likeness (QED) is 0.723. The van der Waals surface area contributed by atoms with Gasteiger partial charge in [0, 0.05) is 18.7 Å². The molecule has 1 aliphatic heterocycles. The van der Waals surface area contributed by atoms with Crippen molar-refractivity contribution in [2.45, 2.75) is 25.7 Å². The highest BCUT2D eigenvalue weighted by atomic mass is 32.2. The predicted molar refractivity (Wildman–Crippen MR) is 110 cm³/mol. The molecule has 1 N–H and O–H groups in total. The summed E-state index contributed by atoms with van der Waals surface area (Å²) in [6.45, 7) is 1.02. The summed E-state index contributed by atoms with van der Waals surface area (Å²) in [5, 5.41) is 2.91. The van der Waals surface area contributed by atoms with Gasteiger partial charge in [-0.05, 0) is 61.6 Å². The van der Waals surface area contributed by atoms with Gasteiger partial charge in [0.15, 0.2) is 0 Å². The van der Waals surface area contributed by atoms with E-state index in [1.165, 1.54) is 9.87 Å². The molecule has 1 heterocycles. The van der Waals surface area contributed by atoms with Crippen molar-refractivity contribution >= 4 is 21.6 Å². The number of carbonyl (C=O) groups excluding carboxylic acids is 1. The van der Waals surface area contributed by atoms with Crippen LogP contribution in [0.15, 0.2) is 48.5 Å². The zero-order chi connectivity index (χ0) is 20.0. The standard InChI is InChI=1S/C21H26N2O4S/c1-27-20-11-9-17(10-12-20)6-5-13-22-21(24)18-7-4-8-19(16-18)23-14-2-3-15-28(23,25)26/h4,7-12,16H,2-3,5-6,13-15H2,1H3,(H,22,24). The number of amides is 1. The van der Waals surface area contributed by atoms with E-state index in [0.29, 0.717) is 30.8 Å². The number of hydrogen-bond donors (Lipinski definition) is 1. The molecule has 6 nitrogen and oxygen atoms in total. The summed E-state index contributed by atoms with van der Waals surface area (Å²) < 4.78 is 31.1. The molecule has 3 rings (SSSR count). The minimum absolute atomic E-state index is 0.161. The van der Waals surface area contributed by atoms with E-state index in [9.17, 15) is 13.2 Å². The first-order valence-corrected chi connectivity index (χ1v) is 11.1. The second kappa shape index (κ2) is 9.10. The lowest BCUT2D eigenvalue weighted by Gasteiger charge is -2.28. The molecule has 0 aromatic heterocycles. The van der Waals surface area contributed by atoms with Crippen LogP contribution in [0.2, 0.25) is 0 Å². The highest BCUT2D eigenvalue weighted by Gasteiger charge is 2.26. The van der Waals surface area contributed by atoms with Crippen molar-refractivity contribution in [2.24, 2.45) is 0 Å². The van der Waals surface area contributed by atoms with Crippen LogP contribution in [-0.2, 0) is 16.4 Å². The first kappa shape index (κ1) is 20.2. The van der Waals surface area contributed by atoms with E-state index in [1.807, 2.05) is 24.3 Å². The van der Waals surface area contributed by atoms with Gasteiger partial charge >= 0.3 is 0 Å². The van der Waals surface area contributed by atoms with Crippen molar-refractivity contribution in [3.8, 4) is 5.75 Å². The van der Waals surface area contributed by atoms with E-state index in [0.717, 1.165) is 25.0 Å². The number of anilines is 1. The molecular weight excluding hydrogens is 376 g/mol. The highest BCUT2D eigenvalue weighted by Crippen LogP contribution is 2.24. The number of sulfonamides is 1. The fourth-order valence-electron chi connectivity index (χ4n) is 3.27. The van der Waals surface area contributed by atoms with Gasteiger partial charge in [0.25, 0.3) is 5.91 Å². The molecule has 0 atom stereocenters. The Morgan fingerprint density at radius 1 is 1.14 bits per heavy atom. The lowest BCUT2D eigenvalue weighted by atomic mass is 10.1. The number of hydrogen-bond acceptors (Lipinski definition) is 4. The summed E-state index contributed by atoms with van der Waals surface area (Å²) in [5.74, 6) is 0.799. The molecule has 0 spiro atoms. The molecule has 0 unspecified atom stereocenters. The summed E-state index contributed by atoms with van der Waals surface area (Å²) in [5.41, 5.74) is 2.22. The second-order valence-corrected chi connectivity index (χ2v) is 8.87. The largest absolute Gasteiger partial charge is 0.497 e. The molecule has 2 aromatic carbocycles. The van der Waals surface area contributed by atoms with Gasteiger partial charge < -0.3 is 10.1 Å². The Balaban J connectivity index is 1.54. The predicted octanol–water partition coefficient (Wildman–Crippen LogP) is 2.99. The van der Waals surface area contributed by atoms with Crippen molar-refractivity contribution in [2.75, 3.05) is 30.3 Å². The Hall–Kier alpha value is -2.54. The topological polar surface area (TPSA) is 75.7 Å². The Morgan fingerprint density at radius 2 is 1.93 bits per heavy atom. The molecule has 0 saturated carbocycles. The van der Waals surface area contributed by atoms with E-state index < -0.39 is 10.0 Å². The van der Waals surface area contributed by atoms with Gasteiger partial charge in [-0.3, -0.25) is 9.10 Å². The van der Waals surface area contributed by atoms with Crippen molar-refractivity contribution in [1.82, 2.24) is 5.32 Å². The summed E-state index contributed by atoms with van der Waals surface area (Å²) in [4.78, 5) is 12.4. The fourth-order valence-corrected chi connectivity index (χ4v) is 4.90. The summed E-state index contributed by atoms with van der Waals surface area (Å²) in [6, 6.07) is 14.7. The zero-order valence-corrected chi connectivity index (χ0v) is 16.9. The molecule has 150 valence electrons. The molecule has 0 radical (unpaired) electrons. The second-order valence-electron chi connectivity index (χ2n) is 6.85. The van der Waals surface area contributed by atoms with Crippen LogP contribution in [-0.4, -0.2) is 40.3 Å². The molecule has 0 bridgehead atoms. The van der Waals surface area contributed by atoms with Crippen LogP contribution < -0.4 is 14.4 Å². The van der Waals surface area contributed by atoms with Crippen molar-refractivity contribution < 1.29 is 17.9 Å². The molecule has 1 fully saturated rings. The van der Waals surface area contributed by atoms with E-state index in [1.54, 1.807) is 31.4 Å². The van der Waals surface area contributed by atoms with Crippen LogP contribution >= 0.6 is 0 Å². The minimum Gasteiger partial charge on any atom is -0.497 e. The van der Waals surface area contributed by atoms with Gasteiger partial charge in [-0.1, -0.05) is 18.2 Å². The van der Waals surface area contributed by atoms with Crippen LogP contribution in [0.1, 0.15) is 35.2 Å². The maximum Gasteiger partial charge on any atom is 0.251 e. The maximum atomic E-state index is 12.4. The molecule has 1 saturated heterocycles. The number of nitrogens with one attached hydrogen (secondary N) is 1. The number of aryl methyl sites for hydroxylation is 1. The van der Waals surface area contributed by atoms with E-state index in [-0.39, 0.29) is 11.7 Å². The molecule has 1 amide bonds. The van der Waals surface area contributed by atoms with Gasteiger partial charge in [0.2, 0.25) is 10.0 Å². The Kier molecular flexibility index (Phi) is 6.57. The zero-order valence-electron chi connectivity index (χ0n) is 16.1. The lowest BCUT2D eigenvalue weighted by Crippen LogP contribution is -2.38. The Labute approximate surface area is 166 Å². The third-order valence-corrected chi connectivity index (χ3v) is 6.70. The average Bonchev–Trinajstić information content (AvgIpc) is 2.71. The fraction of sp³-hybridized carbons (Fsp3) is 0.381. The van der Waals surface area contributed by atoms with Gasteiger partial charge in [0.1, 0.15) is 5.75 Å². The number of rotatable bonds is 7. The van der Waals surface area contributed by atoms with Crippen LogP contribution in [0.25, 0.3) is 0 Å². The maximum absolute atomic E-state index is 12.4. The SMILES string of the molecule is COc1ccc(CCCNC(=O)c2cccc(N3CCCCS3(=O)=O)c2)cc1. The molecular formula is C21H26N2O4S. The Morgan fingerprint density at radius 3 is 2.64 bits per heavy atom. The monoisotopic (exact) mass is 402 g/mol. The Bertz CT molecular complexity index is 910. The minimum atomic E-state index is -3.28. The lowest BCUT2D eigenvalue weighted by molar-refractivity contribution is 0.0953. The molecule has 1 aliphatic rings. The van der Waals surface area contributed by atoms with Crippen molar-refractivity contribution in [3.63, 3.8) is 0 Å². The summed E-state index contributed by atoms with van der Waals surface area (Å²) >= 11 is 0. The van der Waals surface area contributed by atoms with Gasteiger partial charge in [-0.15, -0.1) is 0 Å². The molecule has 0 aliphatic carbocycles. The normalized spacial score (nSPS) is 15.8. The van der Waals surface area contributed by atoms with E-state index >= 15 is 0 Å². The molecule has 7 heteroatoms. The van der Waals surface area contributed by atoms with Gasteiger partial charge in [-0.25, -0.2) is 8.42 Å². The smallest absolute Gasteiger partial charge is 0.251 e. The number of benzene rings is 2. The molecule has 28 heavy (non-hydrogen) atoms. The third kappa shape index (κ3) is 5.04. The van der Waals surface area contributed by atoms with Crippen LogP contribution in [0.4, 0.5) is 5.69 Å². The van der Waals surface area contributed by atoms with E-state index in [4.69, 9.17) is 4.74 Å². The number of ether oxygens (including phenoxy) is 1. The number of methoxy groups -OCH3 is 1. The van der Waals surface area contributed by atoms with Crippen LogP contribution in [0.5, 0.6) is 5.75 Å². The molecule has 2 aromatic rings. The first-order valence-electron chi connectivity index (χ1n) is 9.51. The van der Waals surface area contributed by atoms with E-state index in [2.05, 4.69) is 5.32 Å². The summed E-state index contributed by atoms with van der Waals surface area (Å²) in [6.07, 6.45) is 3.20. The number of carbonyl (C=O) groups is 1. The first-order chi connectivity index (χ1) is 13.5. The van der Waals surface area contributed by atoms with Gasteiger partial charge in [-0.2, -0.15) is 0 Å².